The number of rotatable bonds is 6. The molecule has 0 heterocycles. The summed E-state index contributed by atoms with van der Waals surface area (Å²) in [6.45, 7) is 7.78. The molecular weight excluding hydrogens is 228 g/mol. The highest BCUT2D eigenvalue weighted by Crippen LogP contribution is 2.11. The number of carboxylic acids is 1. The lowest BCUT2D eigenvalue weighted by molar-refractivity contribution is -0.305. The number of aliphatic carboxylic acids is 1. The third-order valence-electron chi connectivity index (χ3n) is 2.29. The molecule has 0 saturated heterocycles. The number of carbonyl (C=O) groups is 3. The lowest BCUT2D eigenvalue weighted by Gasteiger charge is -2.24. The van der Waals surface area contributed by atoms with Crippen molar-refractivity contribution in [2.24, 2.45) is 0 Å². The van der Waals surface area contributed by atoms with Crippen molar-refractivity contribution in [1.29, 1.82) is 0 Å². The van der Waals surface area contributed by atoms with E-state index in [-0.39, 0.29) is 12.1 Å². The second-order valence-corrected chi connectivity index (χ2v) is 10.3. The van der Waals surface area contributed by atoms with Gasteiger partial charge in [-0.05, 0) is 13.3 Å². The standard InChI is InChI=1S/C10H18O5Si/c1-7(16(2,3)4)15-10(14)8(11)5-6-9(12)13/h7H,5-6H2,1-4H3,(H,12,13)/p-1. The molecule has 0 saturated carbocycles. The Morgan fingerprint density at radius 3 is 2.06 bits per heavy atom. The van der Waals surface area contributed by atoms with E-state index in [1.165, 1.54) is 0 Å². The SMILES string of the molecule is CC(OC(=O)C(=O)CCC(=O)[O-])[Si](C)(C)C. The van der Waals surface area contributed by atoms with E-state index in [1.807, 2.05) is 19.6 Å². The first kappa shape index (κ1) is 14.8. The van der Waals surface area contributed by atoms with Gasteiger partial charge in [0.2, 0.25) is 5.78 Å². The van der Waals surface area contributed by atoms with Crippen LogP contribution in [0.2, 0.25) is 19.6 Å². The maximum atomic E-state index is 11.2. The van der Waals surface area contributed by atoms with Gasteiger partial charge in [-0.25, -0.2) is 4.79 Å². The van der Waals surface area contributed by atoms with Gasteiger partial charge in [-0.3, -0.25) is 4.79 Å². The van der Waals surface area contributed by atoms with Crippen LogP contribution in [-0.4, -0.2) is 31.5 Å². The average molecular weight is 245 g/mol. The van der Waals surface area contributed by atoms with Crippen LogP contribution < -0.4 is 5.11 Å². The third-order valence-corrected chi connectivity index (χ3v) is 4.84. The van der Waals surface area contributed by atoms with E-state index >= 15 is 0 Å². The van der Waals surface area contributed by atoms with Gasteiger partial charge in [0.15, 0.2) is 0 Å². The van der Waals surface area contributed by atoms with Gasteiger partial charge in [0.05, 0.1) is 13.8 Å². The summed E-state index contributed by atoms with van der Waals surface area (Å²) in [6, 6.07) is 0. The molecular formula is C10H17O5Si-. The van der Waals surface area contributed by atoms with Gasteiger partial charge in [0.25, 0.3) is 0 Å². The quantitative estimate of drug-likeness (QED) is 0.370. The van der Waals surface area contributed by atoms with Crippen LogP contribution >= 0.6 is 0 Å². The number of ether oxygens (including phenoxy) is 1. The minimum absolute atomic E-state index is 0.271. The van der Waals surface area contributed by atoms with Crippen molar-refractivity contribution < 1.29 is 24.2 Å². The molecule has 16 heavy (non-hydrogen) atoms. The predicted octanol–water partition coefficient (Wildman–Crippen LogP) is -0.105. The molecule has 0 radical (unpaired) electrons. The number of ketones is 1. The van der Waals surface area contributed by atoms with Gasteiger partial charge in [0, 0.05) is 12.4 Å². The lowest BCUT2D eigenvalue weighted by Crippen LogP contribution is -2.40. The molecule has 1 atom stereocenters. The second kappa shape index (κ2) is 5.79. The molecule has 0 amide bonds. The van der Waals surface area contributed by atoms with Crippen molar-refractivity contribution in [2.75, 3.05) is 0 Å². The molecule has 0 bridgehead atoms. The van der Waals surface area contributed by atoms with E-state index in [0.717, 1.165) is 0 Å². The molecule has 0 aliphatic heterocycles. The Hall–Kier alpha value is -1.17. The lowest BCUT2D eigenvalue weighted by atomic mass is 10.2. The van der Waals surface area contributed by atoms with Gasteiger partial charge < -0.3 is 14.6 Å². The number of Topliss-reactive ketones (excluding diaryl/α,β-unsaturated/α-hetero) is 1. The number of carboxylic acid groups (broad SMARTS) is 1. The summed E-state index contributed by atoms with van der Waals surface area (Å²) in [5.41, 5.74) is -0.271. The van der Waals surface area contributed by atoms with Crippen molar-refractivity contribution in [3.8, 4) is 0 Å². The molecule has 0 aliphatic carbocycles. The predicted molar refractivity (Wildman–Crippen MR) is 58.1 cm³/mol. The van der Waals surface area contributed by atoms with E-state index in [0.29, 0.717) is 0 Å². The molecule has 5 nitrogen and oxygen atoms in total. The zero-order valence-electron chi connectivity index (χ0n) is 10.0. The fourth-order valence-electron chi connectivity index (χ4n) is 0.721. The smallest absolute Gasteiger partial charge is 0.374 e. The maximum Gasteiger partial charge on any atom is 0.374 e. The van der Waals surface area contributed by atoms with Crippen LogP contribution in [0.15, 0.2) is 0 Å². The van der Waals surface area contributed by atoms with Crippen molar-refractivity contribution in [2.45, 2.75) is 45.1 Å². The summed E-state index contributed by atoms with van der Waals surface area (Å²) in [7, 11) is -1.64. The highest BCUT2D eigenvalue weighted by molar-refractivity contribution is 6.77. The molecule has 0 spiro atoms. The van der Waals surface area contributed by atoms with E-state index in [4.69, 9.17) is 4.74 Å². The highest BCUT2D eigenvalue weighted by atomic mass is 28.3. The normalized spacial score (nSPS) is 13.0. The largest absolute Gasteiger partial charge is 0.550 e. The number of hydrogen-bond donors (Lipinski definition) is 0. The summed E-state index contributed by atoms with van der Waals surface area (Å²) in [4.78, 5) is 32.5. The summed E-state index contributed by atoms with van der Waals surface area (Å²) in [6.07, 6.45) is -0.811. The minimum atomic E-state index is -1.64. The van der Waals surface area contributed by atoms with E-state index < -0.39 is 32.2 Å². The highest BCUT2D eigenvalue weighted by Gasteiger charge is 2.28. The number of hydrogen-bond acceptors (Lipinski definition) is 5. The molecule has 0 rings (SSSR count). The minimum Gasteiger partial charge on any atom is -0.550 e. The third kappa shape index (κ3) is 5.65. The Balaban J connectivity index is 4.16. The molecule has 1 unspecified atom stereocenters. The van der Waals surface area contributed by atoms with Crippen molar-refractivity contribution >= 4 is 25.8 Å². The topological polar surface area (TPSA) is 83.5 Å². The summed E-state index contributed by atoms with van der Waals surface area (Å²) in [5, 5.41) is 10.1. The zero-order chi connectivity index (χ0) is 12.9. The van der Waals surface area contributed by atoms with Crippen LogP contribution in [0.1, 0.15) is 19.8 Å². The summed E-state index contributed by atoms with van der Waals surface area (Å²) in [5.74, 6) is -3.11. The van der Waals surface area contributed by atoms with Gasteiger partial charge >= 0.3 is 5.97 Å². The molecule has 0 fully saturated rings. The van der Waals surface area contributed by atoms with Crippen LogP contribution in [-0.2, 0) is 19.1 Å². The van der Waals surface area contributed by atoms with Crippen molar-refractivity contribution in [1.82, 2.24) is 0 Å². The molecule has 0 aliphatic rings. The van der Waals surface area contributed by atoms with Crippen LogP contribution in [0.3, 0.4) is 0 Å². The Kier molecular flexibility index (Phi) is 5.36. The summed E-state index contributed by atoms with van der Waals surface area (Å²) >= 11 is 0. The molecule has 0 N–H and O–H groups in total. The first-order valence-corrected chi connectivity index (χ1v) is 8.66. The van der Waals surface area contributed by atoms with Gasteiger partial charge in [-0.2, -0.15) is 0 Å². The van der Waals surface area contributed by atoms with Crippen LogP contribution in [0, 0.1) is 0 Å². The molecule has 0 aromatic carbocycles. The number of carbonyl (C=O) groups excluding carboxylic acids is 3. The van der Waals surface area contributed by atoms with Gasteiger partial charge in [0.1, 0.15) is 0 Å². The van der Waals surface area contributed by atoms with Crippen molar-refractivity contribution in [3.63, 3.8) is 0 Å². The Morgan fingerprint density at radius 1 is 1.19 bits per heavy atom. The van der Waals surface area contributed by atoms with Crippen LogP contribution in [0.4, 0.5) is 0 Å². The van der Waals surface area contributed by atoms with Crippen LogP contribution in [0.5, 0.6) is 0 Å². The van der Waals surface area contributed by atoms with Gasteiger partial charge in [-0.1, -0.05) is 19.6 Å². The zero-order valence-corrected chi connectivity index (χ0v) is 11.0. The van der Waals surface area contributed by atoms with Gasteiger partial charge in [-0.15, -0.1) is 0 Å². The molecule has 92 valence electrons. The maximum absolute atomic E-state index is 11.2. The van der Waals surface area contributed by atoms with E-state index in [2.05, 4.69) is 0 Å². The van der Waals surface area contributed by atoms with Crippen molar-refractivity contribution in [3.05, 3.63) is 0 Å². The second-order valence-electron chi connectivity index (χ2n) is 4.71. The summed E-state index contributed by atoms with van der Waals surface area (Å²) < 4.78 is 4.97. The van der Waals surface area contributed by atoms with E-state index in [9.17, 15) is 19.5 Å². The molecule has 0 aromatic heterocycles. The van der Waals surface area contributed by atoms with E-state index in [1.54, 1.807) is 6.92 Å². The Bertz CT molecular complexity index is 292. The average Bonchev–Trinajstić information content (AvgIpc) is 2.12. The monoisotopic (exact) mass is 245 g/mol. The first-order chi connectivity index (χ1) is 7.14. The van der Waals surface area contributed by atoms with Crippen LogP contribution in [0.25, 0.3) is 0 Å². The fourth-order valence-corrected chi connectivity index (χ4v) is 1.18. The fraction of sp³-hybridized carbons (Fsp3) is 0.700. The Labute approximate surface area is 95.8 Å². The Morgan fingerprint density at radius 2 is 1.69 bits per heavy atom. The molecule has 0 aromatic rings. The first-order valence-electron chi connectivity index (χ1n) is 5.08. The molecule has 6 heteroatoms. The number of esters is 1.